The Hall–Kier alpha value is -1.38. The lowest BCUT2D eigenvalue weighted by Gasteiger charge is -2.40. The van der Waals surface area contributed by atoms with E-state index in [-0.39, 0.29) is 5.91 Å². The van der Waals surface area contributed by atoms with Gasteiger partial charge in [-0.25, -0.2) is 0 Å². The maximum Gasteiger partial charge on any atom is 0.289 e. The normalized spacial score (nSPS) is 27.3. The molecule has 1 aromatic rings. The second-order valence-corrected chi connectivity index (χ2v) is 8.87. The van der Waals surface area contributed by atoms with E-state index in [1.54, 1.807) is 21.3 Å². The van der Waals surface area contributed by atoms with Crippen LogP contribution in [0.4, 0.5) is 0 Å². The Balaban J connectivity index is 1.62. The number of nitrogens with zero attached hydrogens (tertiary/aromatic N) is 3. The van der Waals surface area contributed by atoms with Gasteiger partial charge in [0.15, 0.2) is 5.76 Å². The van der Waals surface area contributed by atoms with Gasteiger partial charge in [-0.15, -0.1) is 0 Å². The predicted octanol–water partition coefficient (Wildman–Crippen LogP) is 1.26. The predicted molar refractivity (Wildman–Crippen MR) is 89.6 cm³/mol. The zero-order chi connectivity index (χ0) is 17.3. The van der Waals surface area contributed by atoms with Crippen LogP contribution in [0.5, 0.6) is 0 Å². The molecule has 0 radical (unpaired) electrons. The summed E-state index contributed by atoms with van der Waals surface area (Å²) in [4.78, 5) is 13.9. The lowest BCUT2D eigenvalue weighted by molar-refractivity contribution is 0.0660. The third kappa shape index (κ3) is 3.50. The number of piperazine rings is 1. The maximum absolute atomic E-state index is 12.9. The minimum atomic E-state index is -3.45. The fraction of sp³-hybridized carbons (Fsp3) is 0.688. The lowest BCUT2D eigenvalue weighted by atomic mass is 9.94. The summed E-state index contributed by atoms with van der Waals surface area (Å²) in [7, 11) is -3.45. The summed E-state index contributed by atoms with van der Waals surface area (Å²) in [6.45, 7) is 6.78. The molecule has 0 saturated carbocycles. The Labute approximate surface area is 143 Å². The van der Waals surface area contributed by atoms with Crippen molar-refractivity contribution in [2.75, 3.05) is 39.3 Å². The van der Waals surface area contributed by atoms with E-state index in [0.717, 1.165) is 6.42 Å². The summed E-state index contributed by atoms with van der Waals surface area (Å²) >= 11 is 0. The summed E-state index contributed by atoms with van der Waals surface area (Å²) in [6.07, 6.45) is 2.53. The Bertz CT molecular complexity index is 656. The van der Waals surface area contributed by atoms with Crippen molar-refractivity contribution in [2.45, 2.75) is 20.3 Å². The highest BCUT2D eigenvalue weighted by molar-refractivity contribution is 7.86. The van der Waals surface area contributed by atoms with Gasteiger partial charge in [0.2, 0.25) is 0 Å². The molecule has 0 aliphatic carbocycles. The monoisotopic (exact) mass is 355 g/mol. The molecule has 8 heteroatoms. The van der Waals surface area contributed by atoms with Gasteiger partial charge in [0, 0.05) is 39.3 Å². The van der Waals surface area contributed by atoms with Crippen molar-refractivity contribution in [3.63, 3.8) is 0 Å². The third-order valence-electron chi connectivity index (χ3n) is 4.75. The van der Waals surface area contributed by atoms with Crippen LogP contribution in [0.3, 0.4) is 0 Å². The number of piperidine rings is 1. The molecule has 2 saturated heterocycles. The first kappa shape index (κ1) is 17.4. The molecule has 0 bridgehead atoms. The van der Waals surface area contributed by atoms with Gasteiger partial charge >= 0.3 is 0 Å². The minimum Gasteiger partial charge on any atom is -0.459 e. The van der Waals surface area contributed by atoms with Crippen LogP contribution in [0.1, 0.15) is 30.8 Å². The number of carbonyl (C=O) groups excluding carboxylic acids is 1. The molecule has 2 aliphatic heterocycles. The van der Waals surface area contributed by atoms with Crippen molar-refractivity contribution in [1.29, 1.82) is 0 Å². The summed E-state index contributed by atoms with van der Waals surface area (Å²) in [5, 5.41) is 0. The molecule has 134 valence electrons. The molecule has 2 atom stereocenters. The van der Waals surface area contributed by atoms with Gasteiger partial charge in [-0.1, -0.05) is 13.8 Å². The van der Waals surface area contributed by atoms with E-state index >= 15 is 0 Å². The van der Waals surface area contributed by atoms with Crippen LogP contribution in [0.15, 0.2) is 22.8 Å². The SMILES string of the molecule is CC1CC(C)CN(S(=O)(=O)N2CCN(C(=O)c3ccco3)CC2)C1. The zero-order valence-corrected chi connectivity index (χ0v) is 15.0. The second-order valence-electron chi connectivity index (χ2n) is 6.94. The number of carbonyl (C=O) groups is 1. The number of furan rings is 1. The van der Waals surface area contributed by atoms with Crippen molar-refractivity contribution in [1.82, 2.24) is 13.5 Å². The molecular weight excluding hydrogens is 330 g/mol. The first-order valence-electron chi connectivity index (χ1n) is 8.46. The third-order valence-corrected chi connectivity index (χ3v) is 6.71. The molecule has 3 heterocycles. The molecule has 24 heavy (non-hydrogen) atoms. The van der Waals surface area contributed by atoms with E-state index < -0.39 is 10.2 Å². The standard InChI is InChI=1S/C16H25N3O4S/c1-13-10-14(2)12-19(11-13)24(21,22)18-7-5-17(6-8-18)16(20)15-4-3-9-23-15/h3-4,9,13-14H,5-8,10-12H2,1-2H3. The van der Waals surface area contributed by atoms with Crippen molar-refractivity contribution in [2.24, 2.45) is 11.8 Å². The molecule has 1 aromatic heterocycles. The van der Waals surface area contributed by atoms with Gasteiger partial charge in [0.1, 0.15) is 0 Å². The van der Waals surface area contributed by atoms with Gasteiger partial charge in [0.25, 0.3) is 16.1 Å². The highest BCUT2D eigenvalue weighted by atomic mass is 32.2. The Kier molecular flexibility index (Phi) is 4.98. The van der Waals surface area contributed by atoms with E-state index in [1.807, 2.05) is 0 Å². The molecule has 0 N–H and O–H groups in total. The smallest absolute Gasteiger partial charge is 0.289 e. The van der Waals surface area contributed by atoms with Crippen molar-refractivity contribution in [3.8, 4) is 0 Å². The van der Waals surface area contributed by atoms with E-state index in [4.69, 9.17) is 4.42 Å². The molecule has 2 unspecified atom stereocenters. The zero-order valence-electron chi connectivity index (χ0n) is 14.2. The number of amides is 1. The Morgan fingerprint density at radius 2 is 1.71 bits per heavy atom. The van der Waals surface area contributed by atoms with Crippen molar-refractivity contribution < 1.29 is 17.6 Å². The number of rotatable bonds is 3. The topological polar surface area (TPSA) is 74.1 Å². The van der Waals surface area contributed by atoms with Gasteiger partial charge < -0.3 is 9.32 Å². The molecule has 1 amide bonds. The Morgan fingerprint density at radius 3 is 2.25 bits per heavy atom. The molecule has 2 aliphatic rings. The first-order chi connectivity index (χ1) is 11.4. The quantitative estimate of drug-likeness (QED) is 0.818. The average Bonchev–Trinajstić information content (AvgIpc) is 3.08. The van der Waals surface area contributed by atoms with Crippen LogP contribution in [0.2, 0.25) is 0 Å². The lowest BCUT2D eigenvalue weighted by Crippen LogP contribution is -2.56. The van der Waals surface area contributed by atoms with E-state index in [0.29, 0.717) is 56.9 Å². The number of hydrogen-bond donors (Lipinski definition) is 0. The summed E-state index contributed by atoms with van der Waals surface area (Å²) < 4.78 is 34.0. The maximum atomic E-state index is 12.9. The minimum absolute atomic E-state index is 0.183. The molecule has 0 spiro atoms. The van der Waals surface area contributed by atoms with Gasteiger partial charge in [-0.3, -0.25) is 4.79 Å². The second kappa shape index (κ2) is 6.85. The van der Waals surface area contributed by atoms with E-state index in [1.165, 1.54) is 10.6 Å². The van der Waals surface area contributed by atoms with Crippen LogP contribution < -0.4 is 0 Å². The molecule has 7 nitrogen and oxygen atoms in total. The van der Waals surface area contributed by atoms with Crippen LogP contribution >= 0.6 is 0 Å². The molecule has 0 aromatic carbocycles. The summed E-state index contributed by atoms with van der Waals surface area (Å²) in [6, 6.07) is 3.30. The summed E-state index contributed by atoms with van der Waals surface area (Å²) in [5.74, 6) is 0.873. The van der Waals surface area contributed by atoms with E-state index in [2.05, 4.69) is 13.8 Å². The highest BCUT2D eigenvalue weighted by Gasteiger charge is 2.37. The van der Waals surface area contributed by atoms with Crippen LogP contribution in [0.25, 0.3) is 0 Å². The van der Waals surface area contributed by atoms with Crippen LogP contribution in [-0.2, 0) is 10.2 Å². The highest BCUT2D eigenvalue weighted by Crippen LogP contribution is 2.25. The average molecular weight is 355 g/mol. The first-order valence-corrected chi connectivity index (χ1v) is 9.85. The Morgan fingerprint density at radius 1 is 1.08 bits per heavy atom. The molecular formula is C16H25N3O4S. The van der Waals surface area contributed by atoms with Crippen molar-refractivity contribution in [3.05, 3.63) is 24.2 Å². The number of hydrogen-bond acceptors (Lipinski definition) is 4. The fourth-order valence-electron chi connectivity index (χ4n) is 3.64. The summed E-state index contributed by atoms with van der Waals surface area (Å²) in [5.41, 5.74) is 0. The fourth-order valence-corrected chi connectivity index (χ4v) is 5.47. The molecule has 3 rings (SSSR count). The van der Waals surface area contributed by atoms with Crippen LogP contribution in [-0.4, -0.2) is 67.1 Å². The largest absolute Gasteiger partial charge is 0.459 e. The van der Waals surface area contributed by atoms with Gasteiger partial charge in [-0.05, 0) is 30.4 Å². The van der Waals surface area contributed by atoms with Crippen LogP contribution in [0, 0.1) is 11.8 Å². The van der Waals surface area contributed by atoms with E-state index in [9.17, 15) is 13.2 Å². The molecule has 2 fully saturated rings. The van der Waals surface area contributed by atoms with Gasteiger partial charge in [0.05, 0.1) is 6.26 Å². The van der Waals surface area contributed by atoms with Gasteiger partial charge in [-0.2, -0.15) is 17.0 Å². The van der Waals surface area contributed by atoms with Crippen molar-refractivity contribution >= 4 is 16.1 Å².